The maximum atomic E-state index is 12.9. The Morgan fingerprint density at radius 2 is 1.86 bits per heavy atom. The molecule has 0 spiro atoms. The molecule has 1 aromatic carbocycles. The van der Waals surface area contributed by atoms with Crippen LogP contribution in [0.15, 0.2) is 60.8 Å². The highest BCUT2D eigenvalue weighted by Crippen LogP contribution is 2.32. The van der Waals surface area contributed by atoms with Gasteiger partial charge in [0.25, 0.3) is 0 Å². The van der Waals surface area contributed by atoms with Gasteiger partial charge in [-0.1, -0.05) is 24.3 Å². The first kappa shape index (κ1) is 20.6. The maximum absolute atomic E-state index is 12.9. The zero-order valence-electron chi connectivity index (χ0n) is 15.9. The van der Waals surface area contributed by atoms with Gasteiger partial charge in [-0.2, -0.15) is 13.2 Å². The number of aliphatic carboxylic acids is 1. The van der Waals surface area contributed by atoms with Gasteiger partial charge in [0.05, 0.1) is 5.56 Å². The van der Waals surface area contributed by atoms with Crippen LogP contribution in [0.4, 0.5) is 19.0 Å². The molecule has 1 atom stereocenters. The number of hydrogen-bond donors (Lipinski definition) is 1. The number of carbonyl (C=O) groups is 1. The van der Waals surface area contributed by atoms with Crippen LogP contribution in [0.25, 0.3) is 5.57 Å². The van der Waals surface area contributed by atoms with Crippen molar-refractivity contribution < 1.29 is 23.1 Å². The van der Waals surface area contributed by atoms with E-state index in [9.17, 15) is 18.0 Å². The number of aromatic nitrogens is 1. The molecule has 0 radical (unpaired) electrons. The monoisotopic (exact) mass is 402 g/mol. The summed E-state index contributed by atoms with van der Waals surface area (Å²) >= 11 is 0. The van der Waals surface area contributed by atoms with E-state index < -0.39 is 17.7 Å². The highest BCUT2D eigenvalue weighted by atomic mass is 19.4. The molecule has 0 saturated carbocycles. The Bertz CT molecular complexity index is 917. The zero-order chi connectivity index (χ0) is 21.0. The summed E-state index contributed by atoms with van der Waals surface area (Å²) in [6.07, 6.45) is 3.36. The van der Waals surface area contributed by atoms with Gasteiger partial charge in [0.1, 0.15) is 5.82 Å². The van der Waals surface area contributed by atoms with Gasteiger partial charge in [-0.25, -0.2) is 9.78 Å². The fourth-order valence-electron chi connectivity index (χ4n) is 3.41. The lowest BCUT2D eigenvalue weighted by molar-refractivity contribution is -0.137. The lowest BCUT2D eigenvalue weighted by Gasteiger charge is -2.22. The van der Waals surface area contributed by atoms with Gasteiger partial charge >= 0.3 is 12.1 Å². The van der Waals surface area contributed by atoms with E-state index >= 15 is 0 Å². The number of rotatable bonds is 5. The molecule has 2 heterocycles. The molecule has 1 aliphatic heterocycles. The molecule has 1 saturated heterocycles. The Hall–Kier alpha value is -3.09. The predicted molar refractivity (Wildman–Crippen MR) is 106 cm³/mol. The number of pyridine rings is 1. The molecule has 7 heteroatoms. The van der Waals surface area contributed by atoms with E-state index in [1.54, 1.807) is 12.3 Å². The van der Waals surface area contributed by atoms with E-state index in [1.807, 2.05) is 12.1 Å². The largest absolute Gasteiger partial charge is 0.478 e. The first-order valence-corrected chi connectivity index (χ1v) is 9.27. The molecule has 2 aromatic rings. The van der Waals surface area contributed by atoms with Crippen molar-refractivity contribution in [2.45, 2.75) is 32.0 Å². The Morgan fingerprint density at radius 3 is 2.38 bits per heavy atom. The normalized spacial score (nSPS) is 17.9. The number of nitrogens with zero attached hydrogens (tertiary/aromatic N) is 2. The SMILES string of the molecule is CC1CCCN1c1ccc(/C(=C/C=C/C(=O)O)c2ccc(C(F)(F)F)cc2)cn1. The van der Waals surface area contributed by atoms with Crippen LogP contribution in [0.2, 0.25) is 0 Å². The fourth-order valence-corrected chi connectivity index (χ4v) is 3.41. The van der Waals surface area contributed by atoms with Crippen LogP contribution >= 0.6 is 0 Å². The number of allylic oxidation sites excluding steroid dienone is 2. The molecule has 4 nitrogen and oxygen atoms in total. The summed E-state index contributed by atoms with van der Waals surface area (Å²) in [4.78, 5) is 17.5. The number of benzene rings is 1. The van der Waals surface area contributed by atoms with E-state index in [4.69, 9.17) is 5.11 Å². The topological polar surface area (TPSA) is 53.4 Å². The third-order valence-electron chi connectivity index (χ3n) is 4.93. The van der Waals surface area contributed by atoms with Crippen molar-refractivity contribution in [3.63, 3.8) is 0 Å². The predicted octanol–water partition coefficient (Wildman–Crippen LogP) is 5.16. The molecular formula is C22H21F3N2O2. The highest BCUT2D eigenvalue weighted by molar-refractivity contribution is 5.84. The van der Waals surface area contributed by atoms with Gasteiger partial charge in [-0.15, -0.1) is 0 Å². The Labute approximate surface area is 167 Å². The summed E-state index contributed by atoms with van der Waals surface area (Å²) in [6, 6.07) is 8.92. The number of anilines is 1. The Morgan fingerprint density at radius 1 is 1.17 bits per heavy atom. The third kappa shape index (κ3) is 5.04. The van der Waals surface area contributed by atoms with Crippen LogP contribution in [-0.2, 0) is 11.0 Å². The van der Waals surface area contributed by atoms with Crippen molar-refractivity contribution in [3.05, 3.63) is 77.5 Å². The third-order valence-corrected chi connectivity index (χ3v) is 4.93. The van der Waals surface area contributed by atoms with Crippen LogP contribution in [0.3, 0.4) is 0 Å². The summed E-state index contributed by atoms with van der Waals surface area (Å²) < 4.78 is 38.6. The molecule has 3 rings (SSSR count). The van der Waals surface area contributed by atoms with Crippen molar-refractivity contribution in [1.82, 2.24) is 4.98 Å². The molecule has 1 aliphatic rings. The Balaban J connectivity index is 1.94. The number of halogens is 3. The van der Waals surface area contributed by atoms with E-state index in [2.05, 4.69) is 16.8 Å². The van der Waals surface area contributed by atoms with E-state index in [1.165, 1.54) is 18.2 Å². The van der Waals surface area contributed by atoms with Crippen LogP contribution in [0.1, 0.15) is 36.5 Å². The molecule has 0 aliphatic carbocycles. The van der Waals surface area contributed by atoms with Gasteiger partial charge < -0.3 is 10.0 Å². The van der Waals surface area contributed by atoms with E-state index in [0.717, 1.165) is 43.4 Å². The first-order chi connectivity index (χ1) is 13.8. The summed E-state index contributed by atoms with van der Waals surface area (Å²) in [5, 5.41) is 8.82. The van der Waals surface area contributed by atoms with Crippen molar-refractivity contribution in [1.29, 1.82) is 0 Å². The van der Waals surface area contributed by atoms with Crippen LogP contribution in [0, 0.1) is 0 Å². The maximum Gasteiger partial charge on any atom is 0.416 e. The van der Waals surface area contributed by atoms with Gasteiger partial charge in [0.2, 0.25) is 0 Å². The minimum atomic E-state index is -4.42. The van der Waals surface area contributed by atoms with Crippen molar-refractivity contribution in [2.24, 2.45) is 0 Å². The molecule has 1 unspecified atom stereocenters. The van der Waals surface area contributed by atoms with Crippen molar-refractivity contribution in [2.75, 3.05) is 11.4 Å². The summed E-state index contributed by atoms with van der Waals surface area (Å²) in [5.41, 5.74) is 1.08. The number of alkyl halides is 3. The number of carboxylic acid groups (broad SMARTS) is 1. The second-order valence-electron chi connectivity index (χ2n) is 6.94. The lowest BCUT2D eigenvalue weighted by atomic mass is 9.97. The molecule has 29 heavy (non-hydrogen) atoms. The number of hydrogen-bond acceptors (Lipinski definition) is 3. The number of carboxylic acids is 1. The second kappa shape index (κ2) is 8.51. The van der Waals surface area contributed by atoms with Crippen LogP contribution in [0.5, 0.6) is 0 Å². The quantitative estimate of drug-likeness (QED) is 0.554. The van der Waals surface area contributed by atoms with Crippen molar-refractivity contribution in [3.8, 4) is 0 Å². The zero-order valence-corrected chi connectivity index (χ0v) is 15.9. The molecule has 152 valence electrons. The molecule has 1 fully saturated rings. The van der Waals surface area contributed by atoms with E-state index in [-0.39, 0.29) is 0 Å². The summed E-state index contributed by atoms with van der Waals surface area (Å²) in [6.45, 7) is 3.09. The summed E-state index contributed by atoms with van der Waals surface area (Å²) in [5.74, 6) is -0.254. The molecule has 0 amide bonds. The highest BCUT2D eigenvalue weighted by Gasteiger charge is 2.30. The second-order valence-corrected chi connectivity index (χ2v) is 6.94. The standard InChI is InChI=1S/C22H21F3N2O2/c1-15-4-3-13-27(15)20-12-9-17(14-26-20)19(5-2-6-21(28)29)16-7-10-18(11-8-16)22(23,24)25/h2,5-12,14-15H,3-4,13H2,1H3,(H,28,29)/b6-2+,19-5+. The molecule has 1 aromatic heterocycles. The smallest absolute Gasteiger partial charge is 0.416 e. The minimum Gasteiger partial charge on any atom is -0.478 e. The van der Waals surface area contributed by atoms with Crippen LogP contribution < -0.4 is 4.90 Å². The molecule has 1 N–H and O–H groups in total. The van der Waals surface area contributed by atoms with Gasteiger partial charge in [-0.3, -0.25) is 0 Å². The minimum absolute atomic E-state index is 0.414. The van der Waals surface area contributed by atoms with Crippen molar-refractivity contribution >= 4 is 17.4 Å². The first-order valence-electron chi connectivity index (χ1n) is 9.27. The molecular weight excluding hydrogens is 381 g/mol. The van der Waals surface area contributed by atoms with Gasteiger partial charge in [-0.05, 0) is 55.2 Å². The lowest BCUT2D eigenvalue weighted by Crippen LogP contribution is -2.27. The van der Waals surface area contributed by atoms with Gasteiger partial charge in [0.15, 0.2) is 0 Å². The summed E-state index contributed by atoms with van der Waals surface area (Å²) in [7, 11) is 0. The van der Waals surface area contributed by atoms with E-state index in [0.29, 0.717) is 22.7 Å². The van der Waals surface area contributed by atoms with Gasteiger partial charge in [0, 0.05) is 30.4 Å². The average molecular weight is 402 g/mol. The fraction of sp³-hybridized carbons (Fsp3) is 0.273. The average Bonchev–Trinajstić information content (AvgIpc) is 3.11. The van der Waals surface area contributed by atoms with Crippen LogP contribution in [-0.4, -0.2) is 28.6 Å². The Kier molecular flexibility index (Phi) is 6.06. The molecule has 0 bridgehead atoms.